The van der Waals surface area contributed by atoms with Crippen molar-refractivity contribution in [1.82, 2.24) is 9.80 Å². The molecule has 2 heterocycles. The molecule has 0 aromatic heterocycles. The zero-order valence-electron chi connectivity index (χ0n) is 10.9. The predicted molar refractivity (Wildman–Crippen MR) is 67.5 cm³/mol. The number of hydrogen-bond donors (Lipinski definition) is 0. The van der Waals surface area contributed by atoms with Crippen LogP contribution in [0.4, 0.5) is 0 Å². The minimum Gasteiger partial charge on any atom is -0.302 e. The number of nitrogens with zero attached hydrogens (tertiary/aromatic N) is 2. The van der Waals surface area contributed by atoms with Crippen LogP contribution in [0.25, 0.3) is 0 Å². The summed E-state index contributed by atoms with van der Waals surface area (Å²) in [5, 5.41) is 0. The Kier molecular flexibility index (Phi) is 2.75. The Hall–Kier alpha value is -0.0800. The van der Waals surface area contributed by atoms with E-state index in [0.29, 0.717) is 0 Å². The molecule has 0 radical (unpaired) electrons. The highest BCUT2D eigenvalue weighted by molar-refractivity contribution is 5.05. The van der Waals surface area contributed by atoms with Gasteiger partial charge in [0.2, 0.25) is 0 Å². The standard InChI is InChI=1S/C14H26N2/c1-3-4-15-8-14(9-15)10-16(11-14)7-13-5-12(2)6-13/h12-13H,3-11H2,1-2H3. The van der Waals surface area contributed by atoms with E-state index < -0.39 is 0 Å². The van der Waals surface area contributed by atoms with Crippen LogP contribution in [0.5, 0.6) is 0 Å². The first-order valence-electron chi connectivity index (χ1n) is 7.14. The van der Waals surface area contributed by atoms with Crippen LogP contribution in [0.3, 0.4) is 0 Å². The van der Waals surface area contributed by atoms with E-state index in [1.807, 2.05) is 0 Å². The van der Waals surface area contributed by atoms with Gasteiger partial charge < -0.3 is 9.80 Å². The van der Waals surface area contributed by atoms with Crippen molar-refractivity contribution in [2.24, 2.45) is 17.3 Å². The Morgan fingerprint density at radius 3 is 2.25 bits per heavy atom. The average Bonchev–Trinajstić information content (AvgIpc) is 2.08. The molecule has 0 bridgehead atoms. The Bertz CT molecular complexity index is 243. The first-order valence-corrected chi connectivity index (χ1v) is 7.14. The van der Waals surface area contributed by atoms with Gasteiger partial charge in [-0.25, -0.2) is 0 Å². The normalized spacial score (nSPS) is 37.9. The first-order chi connectivity index (χ1) is 7.69. The van der Waals surface area contributed by atoms with Gasteiger partial charge in [0.05, 0.1) is 0 Å². The van der Waals surface area contributed by atoms with Gasteiger partial charge in [-0.05, 0) is 37.6 Å². The molecule has 2 heteroatoms. The summed E-state index contributed by atoms with van der Waals surface area (Å²) in [4.78, 5) is 5.34. The van der Waals surface area contributed by atoms with Crippen LogP contribution in [0.2, 0.25) is 0 Å². The monoisotopic (exact) mass is 222 g/mol. The third kappa shape index (κ3) is 1.91. The molecule has 0 amide bonds. The van der Waals surface area contributed by atoms with E-state index in [-0.39, 0.29) is 0 Å². The van der Waals surface area contributed by atoms with Gasteiger partial charge in [0.1, 0.15) is 0 Å². The molecule has 3 rings (SSSR count). The molecule has 2 aliphatic heterocycles. The fourth-order valence-corrected chi connectivity index (χ4v) is 4.19. The molecule has 1 saturated carbocycles. The third-order valence-corrected chi connectivity index (χ3v) is 4.76. The summed E-state index contributed by atoms with van der Waals surface area (Å²) in [6, 6.07) is 0. The van der Waals surface area contributed by atoms with Gasteiger partial charge in [0.15, 0.2) is 0 Å². The van der Waals surface area contributed by atoms with Crippen LogP contribution in [0, 0.1) is 17.3 Å². The second kappa shape index (κ2) is 3.99. The van der Waals surface area contributed by atoms with Gasteiger partial charge in [-0.3, -0.25) is 0 Å². The lowest BCUT2D eigenvalue weighted by Crippen LogP contribution is -2.72. The minimum absolute atomic E-state index is 0.741. The van der Waals surface area contributed by atoms with E-state index in [4.69, 9.17) is 0 Å². The Morgan fingerprint density at radius 1 is 1.06 bits per heavy atom. The van der Waals surface area contributed by atoms with E-state index in [1.54, 1.807) is 0 Å². The predicted octanol–water partition coefficient (Wildman–Crippen LogP) is 2.06. The summed E-state index contributed by atoms with van der Waals surface area (Å²) in [6.07, 6.45) is 4.30. The molecule has 1 aliphatic carbocycles. The van der Waals surface area contributed by atoms with E-state index in [0.717, 1.165) is 17.3 Å². The minimum atomic E-state index is 0.741. The van der Waals surface area contributed by atoms with Gasteiger partial charge in [-0.15, -0.1) is 0 Å². The first kappa shape index (κ1) is 11.0. The summed E-state index contributed by atoms with van der Waals surface area (Å²) in [6.45, 7) is 13.0. The fraction of sp³-hybridized carbons (Fsp3) is 1.00. The Balaban J connectivity index is 1.33. The zero-order valence-corrected chi connectivity index (χ0v) is 10.9. The molecule has 92 valence electrons. The molecule has 2 saturated heterocycles. The molecule has 0 unspecified atom stereocenters. The largest absolute Gasteiger partial charge is 0.302 e. The second-order valence-corrected chi connectivity index (χ2v) is 6.82. The summed E-state index contributed by atoms with van der Waals surface area (Å²) < 4.78 is 0. The maximum Gasteiger partial charge on any atom is 0.0212 e. The Labute approximate surface area is 100.0 Å². The molecular weight excluding hydrogens is 196 g/mol. The van der Waals surface area contributed by atoms with Crippen LogP contribution in [0.15, 0.2) is 0 Å². The van der Waals surface area contributed by atoms with Gasteiger partial charge in [0, 0.05) is 38.1 Å². The van der Waals surface area contributed by atoms with Crippen molar-refractivity contribution in [3.63, 3.8) is 0 Å². The molecule has 3 aliphatic rings. The van der Waals surface area contributed by atoms with Crippen molar-refractivity contribution in [3.8, 4) is 0 Å². The van der Waals surface area contributed by atoms with Crippen LogP contribution in [-0.4, -0.2) is 49.1 Å². The Morgan fingerprint density at radius 2 is 1.69 bits per heavy atom. The van der Waals surface area contributed by atoms with Crippen molar-refractivity contribution < 1.29 is 0 Å². The SMILES string of the molecule is CCCN1CC2(C1)CN(CC1CC(C)C1)C2. The van der Waals surface area contributed by atoms with Gasteiger partial charge in [-0.1, -0.05) is 13.8 Å². The lowest BCUT2D eigenvalue weighted by molar-refractivity contribution is -0.122. The molecule has 0 N–H and O–H groups in total. The summed E-state index contributed by atoms with van der Waals surface area (Å²) in [5.41, 5.74) is 0.741. The molecule has 2 nitrogen and oxygen atoms in total. The van der Waals surface area contributed by atoms with E-state index >= 15 is 0 Å². The maximum atomic E-state index is 2.71. The van der Waals surface area contributed by atoms with Crippen LogP contribution in [-0.2, 0) is 0 Å². The molecule has 0 aromatic rings. The maximum absolute atomic E-state index is 2.71. The van der Waals surface area contributed by atoms with Crippen LogP contribution in [0.1, 0.15) is 33.1 Å². The van der Waals surface area contributed by atoms with E-state index in [2.05, 4.69) is 23.6 Å². The quantitative estimate of drug-likeness (QED) is 0.718. The molecule has 16 heavy (non-hydrogen) atoms. The van der Waals surface area contributed by atoms with Crippen LogP contribution < -0.4 is 0 Å². The molecule has 0 aromatic carbocycles. The van der Waals surface area contributed by atoms with Crippen molar-refractivity contribution in [1.29, 1.82) is 0 Å². The average molecular weight is 222 g/mol. The highest BCUT2D eigenvalue weighted by atomic mass is 15.3. The molecular formula is C14H26N2. The van der Waals surface area contributed by atoms with Crippen molar-refractivity contribution in [2.75, 3.05) is 39.3 Å². The number of hydrogen-bond acceptors (Lipinski definition) is 2. The zero-order chi connectivity index (χ0) is 11.2. The smallest absolute Gasteiger partial charge is 0.0212 e. The number of rotatable bonds is 4. The summed E-state index contributed by atoms with van der Waals surface area (Å²) in [5.74, 6) is 2.06. The fourth-order valence-electron chi connectivity index (χ4n) is 4.19. The number of likely N-dealkylation sites (tertiary alicyclic amines) is 2. The van der Waals surface area contributed by atoms with E-state index in [1.165, 1.54) is 58.5 Å². The lowest BCUT2D eigenvalue weighted by atomic mass is 9.70. The highest BCUT2D eigenvalue weighted by Gasteiger charge is 2.51. The van der Waals surface area contributed by atoms with Crippen molar-refractivity contribution >= 4 is 0 Å². The molecule has 1 spiro atoms. The summed E-state index contributed by atoms with van der Waals surface area (Å²) in [7, 11) is 0. The second-order valence-electron chi connectivity index (χ2n) is 6.82. The topological polar surface area (TPSA) is 6.48 Å². The van der Waals surface area contributed by atoms with E-state index in [9.17, 15) is 0 Å². The van der Waals surface area contributed by atoms with Crippen LogP contribution >= 0.6 is 0 Å². The van der Waals surface area contributed by atoms with Crippen molar-refractivity contribution in [3.05, 3.63) is 0 Å². The van der Waals surface area contributed by atoms with Gasteiger partial charge in [-0.2, -0.15) is 0 Å². The molecule has 3 fully saturated rings. The lowest BCUT2D eigenvalue weighted by Gasteiger charge is -2.61. The summed E-state index contributed by atoms with van der Waals surface area (Å²) >= 11 is 0. The molecule has 0 atom stereocenters. The van der Waals surface area contributed by atoms with Crippen molar-refractivity contribution in [2.45, 2.75) is 33.1 Å². The van der Waals surface area contributed by atoms with Gasteiger partial charge in [0.25, 0.3) is 0 Å². The van der Waals surface area contributed by atoms with Gasteiger partial charge >= 0.3 is 0 Å². The highest BCUT2D eigenvalue weighted by Crippen LogP contribution is 2.42. The third-order valence-electron chi connectivity index (χ3n) is 4.76.